The average Bonchev–Trinajstić information content (AvgIpc) is 2.55. The van der Waals surface area contributed by atoms with Gasteiger partial charge in [-0.3, -0.25) is 0 Å². The first-order valence-electron chi connectivity index (χ1n) is 6.10. The molecule has 0 spiro atoms. The Kier molecular flexibility index (Phi) is 2.90. The van der Waals surface area contributed by atoms with Crippen molar-refractivity contribution in [2.75, 3.05) is 4.90 Å². The van der Waals surface area contributed by atoms with E-state index < -0.39 is 5.60 Å². The van der Waals surface area contributed by atoms with Crippen LogP contribution in [0.1, 0.15) is 33.3 Å². The molecule has 0 saturated carbocycles. The van der Waals surface area contributed by atoms with Gasteiger partial charge in [0.05, 0.1) is 11.6 Å². The highest BCUT2D eigenvalue weighted by molar-refractivity contribution is 5.61. The molecule has 0 fully saturated rings. The number of hydrogen-bond donors (Lipinski definition) is 1. The van der Waals surface area contributed by atoms with E-state index in [1.165, 1.54) is 6.07 Å². The van der Waals surface area contributed by atoms with E-state index in [9.17, 15) is 9.50 Å². The maximum absolute atomic E-state index is 13.2. The summed E-state index contributed by atoms with van der Waals surface area (Å²) in [5.74, 6) is -0.205. The second kappa shape index (κ2) is 3.98. The average molecular weight is 237 g/mol. The molecule has 1 aliphatic heterocycles. The van der Waals surface area contributed by atoms with Gasteiger partial charge in [0.15, 0.2) is 0 Å². The molecule has 3 heteroatoms. The van der Waals surface area contributed by atoms with Crippen LogP contribution in [0, 0.1) is 5.82 Å². The highest BCUT2D eigenvalue weighted by Gasteiger charge is 2.39. The van der Waals surface area contributed by atoms with E-state index in [-0.39, 0.29) is 17.9 Å². The fourth-order valence-electron chi connectivity index (χ4n) is 2.67. The van der Waals surface area contributed by atoms with Gasteiger partial charge < -0.3 is 10.0 Å². The molecule has 1 aromatic carbocycles. The largest absolute Gasteiger partial charge is 0.388 e. The summed E-state index contributed by atoms with van der Waals surface area (Å²) in [7, 11) is 0. The summed E-state index contributed by atoms with van der Waals surface area (Å²) in [6.07, 6.45) is 0.703. The minimum Gasteiger partial charge on any atom is -0.388 e. The predicted molar refractivity (Wildman–Crippen MR) is 67.8 cm³/mol. The van der Waals surface area contributed by atoms with Crippen molar-refractivity contribution in [3.63, 3.8) is 0 Å². The topological polar surface area (TPSA) is 23.5 Å². The fraction of sp³-hybridized carbons (Fsp3) is 0.571. The fourth-order valence-corrected chi connectivity index (χ4v) is 2.67. The van der Waals surface area contributed by atoms with Crippen LogP contribution in [0.25, 0.3) is 0 Å². The lowest BCUT2D eigenvalue weighted by Gasteiger charge is -2.38. The van der Waals surface area contributed by atoms with E-state index in [1.807, 2.05) is 19.9 Å². The van der Waals surface area contributed by atoms with Crippen LogP contribution in [0.3, 0.4) is 0 Å². The molecule has 0 aromatic heterocycles. The first-order chi connectivity index (χ1) is 7.80. The molecule has 0 aliphatic carbocycles. The van der Waals surface area contributed by atoms with Gasteiger partial charge in [-0.25, -0.2) is 4.39 Å². The summed E-state index contributed by atoms with van der Waals surface area (Å²) in [5, 5.41) is 10.2. The molecule has 2 rings (SSSR count). The second-order valence-corrected chi connectivity index (χ2v) is 5.65. The maximum atomic E-state index is 13.2. The zero-order chi connectivity index (χ0) is 12.8. The van der Waals surface area contributed by atoms with Gasteiger partial charge in [0.25, 0.3) is 0 Å². The highest BCUT2D eigenvalue weighted by Crippen LogP contribution is 2.38. The first-order valence-corrected chi connectivity index (χ1v) is 6.10. The summed E-state index contributed by atoms with van der Waals surface area (Å²) in [6, 6.07) is 5.19. The molecular formula is C14H20FNO. The third-order valence-corrected chi connectivity index (χ3v) is 3.44. The molecule has 0 bridgehead atoms. The van der Waals surface area contributed by atoms with Crippen LogP contribution in [0.5, 0.6) is 0 Å². The highest BCUT2D eigenvalue weighted by atomic mass is 19.1. The molecular weight excluding hydrogens is 217 g/mol. The minimum absolute atomic E-state index is 0.0132. The molecule has 1 unspecified atom stereocenters. The van der Waals surface area contributed by atoms with Gasteiger partial charge in [-0.15, -0.1) is 0 Å². The lowest BCUT2D eigenvalue weighted by molar-refractivity contribution is 0.0498. The molecule has 1 aliphatic rings. The zero-order valence-electron chi connectivity index (χ0n) is 10.9. The SMILES string of the molecule is CC(C)N1c2ccc(F)cc2CC1C(C)(C)O. The van der Waals surface area contributed by atoms with Gasteiger partial charge in [0, 0.05) is 11.7 Å². The lowest BCUT2D eigenvalue weighted by atomic mass is 9.94. The van der Waals surface area contributed by atoms with Crippen molar-refractivity contribution >= 4 is 5.69 Å². The summed E-state index contributed by atoms with van der Waals surface area (Å²) >= 11 is 0. The normalized spacial score (nSPS) is 19.9. The molecule has 0 radical (unpaired) electrons. The maximum Gasteiger partial charge on any atom is 0.123 e. The number of benzene rings is 1. The number of halogens is 1. The van der Waals surface area contributed by atoms with E-state index in [0.717, 1.165) is 11.3 Å². The Morgan fingerprint density at radius 2 is 2.06 bits per heavy atom. The van der Waals surface area contributed by atoms with Gasteiger partial charge in [0.1, 0.15) is 5.82 Å². The zero-order valence-corrected chi connectivity index (χ0v) is 10.9. The van der Waals surface area contributed by atoms with Crippen LogP contribution in [-0.2, 0) is 6.42 Å². The first kappa shape index (κ1) is 12.4. The van der Waals surface area contributed by atoms with Crippen molar-refractivity contribution in [1.82, 2.24) is 0 Å². The second-order valence-electron chi connectivity index (χ2n) is 5.65. The number of hydrogen-bond acceptors (Lipinski definition) is 2. The Morgan fingerprint density at radius 3 is 2.59 bits per heavy atom. The van der Waals surface area contributed by atoms with Crippen molar-refractivity contribution in [3.8, 4) is 0 Å². The molecule has 17 heavy (non-hydrogen) atoms. The Labute approximate surface area is 102 Å². The van der Waals surface area contributed by atoms with Gasteiger partial charge in [-0.2, -0.15) is 0 Å². The van der Waals surface area contributed by atoms with Crippen molar-refractivity contribution in [3.05, 3.63) is 29.6 Å². The van der Waals surface area contributed by atoms with Crippen molar-refractivity contribution in [1.29, 1.82) is 0 Å². The van der Waals surface area contributed by atoms with Gasteiger partial charge in [0.2, 0.25) is 0 Å². The Hall–Kier alpha value is -1.09. The third kappa shape index (κ3) is 2.16. The van der Waals surface area contributed by atoms with E-state index in [4.69, 9.17) is 0 Å². The summed E-state index contributed by atoms with van der Waals surface area (Å²) in [4.78, 5) is 2.19. The van der Waals surface area contributed by atoms with E-state index in [2.05, 4.69) is 18.7 Å². The van der Waals surface area contributed by atoms with Crippen LogP contribution >= 0.6 is 0 Å². The van der Waals surface area contributed by atoms with Crippen molar-refractivity contribution in [2.45, 2.75) is 51.8 Å². The third-order valence-electron chi connectivity index (χ3n) is 3.44. The van der Waals surface area contributed by atoms with Crippen LogP contribution < -0.4 is 4.90 Å². The number of rotatable bonds is 2. The number of aliphatic hydroxyl groups is 1. The van der Waals surface area contributed by atoms with Crippen LogP contribution in [0.4, 0.5) is 10.1 Å². The van der Waals surface area contributed by atoms with E-state index >= 15 is 0 Å². The van der Waals surface area contributed by atoms with Crippen LogP contribution in [0.2, 0.25) is 0 Å². The Bertz CT molecular complexity index is 423. The summed E-state index contributed by atoms with van der Waals surface area (Å²) in [5.41, 5.74) is 1.25. The molecule has 0 saturated heterocycles. The molecule has 94 valence electrons. The Morgan fingerprint density at radius 1 is 1.41 bits per heavy atom. The number of nitrogens with zero attached hydrogens (tertiary/aromatic N) is 1. The van der Waals surface area contributed by atoms with Crippen LogP contribution in [0.15, 0.2) is 18.2 Å². The predicted octanol–water partition coefficient (Wildman–Crippen LogP) is 2.74. The lowest BCUT2D eigenvalue weighted by Crippen LogP contribution is -2.50. The van der Waals surface area contributed by atoms with Gasteiger partial charge >= 0.3 is 0 Å². The van der Waals surface area contributed by atoms with Gasteiger partial charge in [-0.1, -0.05) is 0 Å². The smallest absolute Gasteiger partial charge is 0.123 e. The minimum atomic E-state index is -0.792. The van der Waals surface area contributed by atoms with Crippen LogP contribution in [-0.4, -0.2) is 22.8 Å². The molecule has 2 nitrogen and oxygen atoms in total. The molecule has 1 heterocycles. The molecule has 0 amide bonds. The monoisotopic (exact) mass is 237 g/mol. The molecule has 1 N–H and O–H groups in total. The number of anilines is 1. The van der Waals surface area contributed by atoms with Gasteiger partial charge in [-0.05, 0) is 57.9 Å². The van der Waals surface area contributed by atoms with E-state index in [1.54, 1.807) is 6.07 Å². The number of fused-ring (bicyclic) bond motifs is 1. The van der Waals surface area contributed by atoms with Crippen molar-refractivity contribution in [2.24, 2.45) is 0 Å². The summed E-state index contributed by atoms with van der Waals surface area (Å²) in [6.45, 7) is 7.82. The van der Waals surface area contributed by atoms with Crippen molar-refractivity contribution < 1.29 is 9.50 Å². The molecule has 1 atom stereocenters. The molecule has 1 aromatic rings. The summed E-state index contributed by atoms with van der Waals surface area (Å²) < 4.78 is 13.2. The quantitative estimate of drug-likeness (QED) is 0.855. The van der Waals surface area contributed by atoms with E-state index in [0.29, 0.717) is 6.42 Å². The standard InChI is InChI=1S/C14H20FNO/c1-9(2)16-12-6-5-11(15)7-10(12)8-13(16)14(3,4)17/h5-7,9,13,17H,8H2,1-4H3. The Balaban J connectivity index is 2.44.